The van der Waals surface area contributed by atoms with Gasteiger partial charge in [0.15, 0.2) is 0 Å². The molecular weight excluding hydrogens is 262 g/mol. The van der Waals surface area contributed by atoms with Crippen molar-refractivity contribution >= 4 is 0 Å². The van der Waals surface area contributed by atoms with E-state index in [4.69, 9.17) is 0 Å². The summed E-state index contributed by atoms with van der Waals surface area (Å²) in [6.07, 6.45) is -5.86. The summed E-state index contributed by atoms with van der Waals surface area (Å²) < 4.78 is 50.6. The molecule has 0 aliphatic carbocycles. The summed E-state index contributed by atoms with van der Waals surface area (Å²) in [6, 6.07) is 2.53. The molecule has 1 unspecified atom stereocenters. The summed E-state index contributed by atoms with van der Waals surface area (Å²) in [6.45, 7) is 4.71. The molecule has 1 aromatic rings. The Morgan fingerprint density at radius 3 is 2.37 bits per heavy atom. The van der Waals surface area contributed by atoms with E-state index >= 15 is 0 Å². The van der Waals surface area contributed by atoms with Crippen molar-refractivity contribution in [3.05, 3.63) is 35.1 Å². The van der Waals surface area contributed by atoms with Crippen LogP contribution in [0.1, 0.15) is 31.1 Å². The number of alkyl halides is 3. The molecule has 2 N–H and O–H groups in total. The van der Waals surface area contributed by atoms with Crippen molar-refractivity contribution < 1.29 is 22.7 Å². The van der Waals surface area contributed by atoms with Crippen LogP contribution in [0.3, 0.4) is 0 Å². The molecule has 0 spiro atoms. The van der Waals surface area contributed by atoms with Gasteiger partial charge in [-0.1, -0.05) is 19.9 Å². The molecule has 1 atom stereocenters. The molecular formula is C13H17F4NO. The quantitative estimate of drug-likeness (QED) is 0.812. The summed E-state index contributed by atoms with van der Waals surface area (Å²) in [4.78, 5) is 0. The molecule has 0 aliphatic rings. The van der Waals surface area contributed by atoms with E-state index in [2.05, 4.69) is 5.32 Å². The normalized spacial score (nSPS) is 13.9. The number of hydrogen-bond acceptors (Lipinski definition) is 2. The molecule has 0 aliphatic heterocycles. The lowest BCUT2D eigenvalue weighted by Crippen LogP contribution is -2.25. The van der Waals surface area contributed by atoms with Gasteiger partial charge in [-0.15, -0.1) is 0 Å². The van der Waals surface area contributed by atoms with Crippen molar-refractivity contribution in [3.63, 3.8) is 0 Å². The van der Waals surface area contributed by atoms with Crippen LogP contribution in [0.5, 0.6) is 0 Å². The van der Waals surface area contributed by atoms with Crippen molar-refractivity contribution in [2.24, 2.45) is 5.92 Å². The highest BCUT2D eigenvalue weighted by atomic mass is 19.4. The van der Waals surface area contributed by atoms with Crippen molar-refractivity contribution in [2.45, 2.75) is 26.1 Å². The van der Waals surface area contributed by atoms with Gasteiger partial charge in [0.2, 0.25) is 0 Å². The van der Waals surface area contributed by atoms with Gasteiger partial charge < -0.3 is 10.4 Å². The van der Waals surface area contributed by atoms with E-state index < -0.39 is 23.7 Å². The SMILES string of the molecule is CC(C)CNCC(O)c1ccc(F)c(C(F)(F)F)c1. The minimum atomic E-state index is -4.76. The van der Waals surface area contributed by atoms with Crippen molar-refractivity contribution in [1.29, 1.82) is 0 Å². The maximum Gasteiger partial charge on any atom is 0.419 e. The van der Waals surface area contributed by atoms with Crippen LogP contribution in [0.25, 0.3) is 0 Å². The van der Waals surface area contributed by atoms with E-state index in [1.54, 1.807) is 0 Å². The average Bonchev–Trinajstić information content (AvgIpc) is 2.27. The van der Waals surface area contributed by atoms with Crippen LogP contribution in [0.15, 0.2) is 18.2 Å². The highest BCUT2D eigenvalue weighted by Gasteiger charge is 2.34. The van der Waals surface area contributed by atoms with E-state index in [0.717, 1.165) is 12.1 Å². The summed E-state index contributed by atoms with van der Waals surface area (Å²) in [5, 5.41) is 12.7. The zero-order valence-electron chi connectivity index (χ0n) is 10.8. The van der Waals surface area contributed by atoms with E-state index in [-0.39, 0.29) is 12.1 Å². The number of benzene rings is 1. The van der Waals surface area contributed by atoms with Gasteiger partial charge in [0.25, 0.3) is 0 Å². The fraction of sp³-hybridized carbons (Fsp3) is 0.538. The Labute approximate surface area is 109 Å². The molecule has 0 bridgehead atoms. The molecule has 1 rings (SSSR count). The van der Waals surface area contributed by atoms with Gasteiger partial charge in [0, 0.05) is 6.54 Å². The van der Waals surface area contributed by atoms with E-state index in [1.165, 1.54) is 0 Å². The molecule has 0 amide bonds. The second-order valence-electron chi connectivity index (χ2n) is 4.80. The Morgan fingerprint density at radius 1 is 1.21 bits per heavy atom. The predicted octanol–water partition coefficient (Wildman–Crippen LogP) is 3.12. The topological polar surface area (TPSA) is 32.3 Å². The molecule has 0 saturated carbocycles. The standard InChI is InChI=1S/C13H17F4NO/c1-8(2)6-18-7-12(19)9-3-4-11(14)10(5-9)13(15,16)17/h3-5,8,12,18-19H,6-7H2,1-2H3. The highest BCUT2D eigenvalue weighted by Crippen LogP contribution is 2.32. The third-order valence-corrected chi connectivity index (χ3v) is 2.57. The maximum absolute atomic E-state index is 13.1. The largest absolute Gasteiger partial charge is 0.419 e. The van der Waals surface area contributed by atoms with Gasteiger partial charge in [-0.25, -0.2) is 4.39 Å². The first-order chi connectivity index (χ1) is 8.71. The third kappa shape index (κ3) is 4.80. The van der Waals surface area contributed by atoms with Gasteiger partial charge in [-0.2, -0.15) is 13.2 Å². The zero-order valence-corrected chi connectivity index (χ0v) is 10.8. The van der Waals surface area contributed by atoms with Crippen LogP contribution in [0, 0.1) is 11.7 Å². The van der Waals surface area contributed by atoms with Gasteiger partial charge in [0.05, 0.1) is 11.7 Å². The summed E-state index contributed by atoms with van der Waals surface area (Å²) in [5.74, 6) is -0.968. The molecule has 108 valence electrons. The molecule has 0 fully saturated rings. The molecule has 1 aromatic carbocycles. The first kappa shape index (κ1) is 15.9. The smallest absolute Gasteiger partial charge is 0.387 e. The maximum atomic E-state index is 13.1. The van der Waals surface area contributed by atoms with Crippen molar-refractivity contribution in [1.82, 2.24) is 5.32 Å². The predicted molar refractivity (Wildman–Crippen MR) is 64.1 cm³/mol. The minimum Gasteiger partial charge on any atom is -0.387 e. The molecule has 0 aromatic heterocycles. The fourth-order valence-electron chi connectivity index (χ4n) is 1.59. The van der Waals surface area contributed by atoms with Crippen LogP contribution >= 0.6 is 0 Å². The number of aliphatic hydroxyl groups excluding tert-OH is 1. The Balaban J connectivity index is 2.78. The molecule has 6 heteroatoms. The first-order valence-corrected chi connectivity index (χ1v) is 5.97. The lowest BCUT2D eigenvalue weighted by molar-refractivity contribution is -0.140. The summed E-state index contributed by atoms with van der Waals surface area (Å²) in [7, 11) is 0. The Kier molecular flexibility index (Phi) is 5.31. The molecule has 19 heavy (non-hydrogen) atoms. The zero-order chi connectivity index (χ0) is 14.6. The van der Waals surface area contributed by atoms with Gasteiger partial charge in [-0.3, -0.25) is 0 Å². The number of nitrogens with one attached hydrogen (secondary N) is 1. The monoisotopic (exact) mass is 279 g/mol. The number of hydrogen-bond donors (Lipinski definition) is 2. The van der Waals surface area contributed by atoms with Gasteiger partial charge in [0.1, 0.15) is 5.82 Å². The lowest BCUT2D eigenvalue weighted by Gasteiger charge is -2.15. The minimum absolute atomic E-state index is 0.0463. The van der Waals surface area contributed by atoms with Crippen LogP contribution in [-0.2, 0) is 6.18 Å². The summed E-state index contributed by atoms with van der Waals surface area (Å²) >= 11 is 0. The van der Waals surface area contributed by atoms with Crippen LogP contribution in [-0.4, -0.2) is 18.2 Å². The van der Waals surface area contributed by atoms with Crippen molar-refractivity contribution in [3.8, 4) is 0 Å². The van der Waals surface area contributed by atoms with E-state index in [0.29, 0.717) is 18.5 Å². The number of halogens is 4. The summed E-state index contributed by atoms with van der Waals surface area (Å²) in [5.41, 5.74) is -1.31. The van der Waals surface area contributed by atoms with E-state index in [1.807, 2.05) is 13.8 Å². The second kappa shape index (κ2) is 6.34. The van der Waals surface area contributed by atoms with Crippen LogP contribution in [0.4, 0.5) is 17.6 Å². The first-order valence-electron chi connectivity index (χ1n) is 5.97. The van der Waals surface area contributed by atoms with Gasteiger partial charge in [-0.05, 0) is 30.2 Å². The Hall–Kier alpha value is -1.14. The van der Waals surface area contributed by atoms with E-state index in [9.17, 15) is 22.7 Å². The molecule has 2 nitrogen and oxygen atoms in total. The lowest BCUT2D eigenvalue weighted by atomic mass is 10.0. The van der Waals surface area contributed by atoms with Gasteiger partial charge >= 0.3 is 6.18 Å². The van der Waals surface area contributed by atoms with Crippen molar-refractivity contribution in [2.75, 3.05) is 13.1 Å². The Morgan fingerprint density at radius 2 is 1.84 bits per heavy atom. The van der Waals surface area contributed by atoms with Crippen LogP contribution < -0.4 is 5.32 Å². The highest BCUT2D eigenvalue weighted by molar-refractivity contribution is 5.28. The second-order valence-corrected chi connectivity index (χ2v) is 4.80. The number of aliphatic hydroxyl groups is 1. The fourth-order valence-corrected chi connectivity index (χ4v) is 1.59. The number of rotatable bonds is 5. The molecule has 0 heterocycles. The Bertz CT molecular complexity index is 418. The molecule has 0 radical (unpaired) electrons. The molecule has 0 saturated heterocycles. The van der Waals surface area contributed by atoms with Crippen LogP contribution in [0.2, 0.25) is 0 Å². The average molecular weight is 279 g/mol. The third-order valence-electron chi connectivity index (χ3n) is 2.57.